The van der Waals surface area contributed by atoms with Gasteiger partial charge >= 0.3 is 0 Å². The smallest absolute Gasteiger partial charge is 0.164 e. The molecule has 22 aromatic rings. The summed E-state index contributed by atoms with van der Waals surface area (Å²) in [5.41, 5.74) is 29.8. The van der Waals surface area contributed by atoms with Crippen molar-refractivity contribution in [1.29, 1.82) is 0 Å². The third kappa shape index (κ3) is 10.9. The van der Waals surface area contributed by atoms with Crippen LogP contribution in [-0.4, -0.2) is 34.9 Å². The first kappa shape index (κ1) is 70.5. The first-order valence-corrected chi connectivity index (χ1v) is 42.1. The van der Waals surface area contributed by atoms with Gasteiger partial charge in [-0.05, 0) is 145 Å². The van der Waals surface area contributed by atoms with E-state index < -0.39 is 10.8 Å². The van der Waals surface area contributed by atoms with Gasteiger partial charge in [-0.3, -0.25) is 0 Å². The lowest BCUT2D eigenvalue weighted by Crippen LogP contribution is -2.32. The normalized spacial score (nSPS) is 13.1. The molecule has 7 heterocycles. The van der Waals surface area contributed by atoms with E-state index in [1.54, 1.807) is 0 Å². The molecule has 2 aliphatic heterocycles. The third-order valence-electron chi connectivity index (χ3n) is 25.7. The van der Waals surface area contributed by atoms with Gasteiger partial charge in [-0.25, -0.2) is 34.9 Å². The summed E-state index contributed by atoms with van der Waals surface area (Å²) in [6, 6.07) is 148. The zero-order valence-electron chi connectivity index (χ0n) is 66.8. The molecule has 576 valence electrons. The fourth-order valence-corrected chi connectivity index (χ4v) is 20.1. The Morgan fingerprint density at radius 3 is 0.952 bits per heavy atom. The topological polar surface area (TPSA) is 109 Å². The van der Waals surface area contributed by atoms with Crippen molar-refractivity contribution in [3.05, 3.63) is 463 Å². The van der Waals surface area contributed by atoms with E-state index in [9.17, 15) is 0 Å². The molecule has 9 nitrogen and oxygen atoms in total. The van der Waals surface area contributed by atoms with Gasteiger partial charge in [0.1, 0.15) is 23.0 Å². The van der Waals surface area contributed by atoms with Gasteiger partial charge in [0.15, 0.2) is 17.5 Å². The van der Waals surface area contributed by atoms with Gasteiger partial charge in [0, 0.05) is 93.5 Å². The van der Waals surface area contributed by atoms with Crippen LogP contribution in [0.15, 0.2) is 419 Å². The zero-order valence-corrected chi connectivity index (χ0v) is 66.8. The second-order valence-corrected chi connectivity index (χ2v) is 32.4. The van der Waals surface area contributed by atoms with Crippen molar-refractivity contribution in [2.75, 3.05) is 0 Å². The lowest BCUT2D eigenvalue weighted by Gasteiger charge is -2.39. The summed E-state index contributed by atoms with van der Waals surface area (Å²) >= 11 is 0. The lowest BCUT2D eigenvalue weighted by molar-refractivity contribution is 0.436. The Morgan fingerprint density at radius 1 is 0.177 bits per heavy atom. The van der Waals surface area contributed by atoms with Crippen LogP contribution in [0.2, 0.25) is 0 Å². The van der Waals surface area contributed by atoms with Crippen molar-refractivity contribution in [2.45, 2.75) is 10.8 Å². The molecular formula is C115H69N7O2. The average Bonchev–Trinajstić information content (AvgIpc) is 1.51. The Kier molecular flexibility index (Phi) is 16.0. The molecule has 26 rings (SSSR count). The summed E-state index contributed by atoms with van der Waals surface area (Å²) < 4.78 is 13.3. The molecular weight excluding hydrogens is 1510 g/mol. The SMILES string of the molecule is c1ccc(-c2ccc3ccc4ccc(-c5ccc6c(c5)nc(-c5ccccc5)c5cc7c(cc56)C5(c6ccccc6Oc6ccccc65)c5ccccc5-7)nc4c3n2)cc1.c1ccc(-c2nc(-c3ccccc3)nc(-c3cccc(-c4ccc5c(c4)nc(-c4ccccc4)c4cc6c(cc45)C4(c5ccccc5Oc5ccccc54)c4ccccc4-6)c3)n2)cc1. The van der Waals surface area contributed by atoms with Crippen LogP contribution >= 0.6 is 0 Å². The summed E-state index contributed by atoms with van der Waals surface area (Å²) in [7, 11) is 0. The number of pyridine rings is 4. The molecule has 0 saturated carbocycles. The highest BCUT2D eigenvalue weighted by Crippen LogP contribution is 2.65. The molecule has 2 spiro atoms. The molecule has 0 saturated heterocycles. The van der Waals surface area contributed by atoms with E-state index in [0.717, 1.165) is 183 Å². The largest absolute Gasteiger partial charge is 0.457 e. The minimum atomic E-state index is -0.579. The standard InChI is InChI=1S/C59H36N4O.C56H33N3O/c1-4-17-37(18-5-1)55-47-35-46-43-25-10-11-26-48(43)59(49-27-12-14-29-53(49)64-54-30-15-13-28-50(54)59)51(46)36-45(47)44-32-31-41(34-52(44)60-55)40-23-16-24-42(33-40)58-62-56(38-19-6-2-7-20-38)61-57(63-58)39-21-8-3-9-22-39;1-3-13-34(14-4-1)48-29-26-36-23-24-37-27-30-49(58-55(37)54(36)57-48)38-25-28-40-41-33-47-42(32-43(41)53(59-50(40)31-38)35-15-5-2-6-16-35)39-17-7-8-18-44(39)56(47)45-19-9-11-21-51(45)60-52-22-12-10-20-46(52)56/h1-36H;1-33H. The molecule has 5 aromatic heterocycles. The Morgan fingerprint density at radius 2 is 0.508 bits per heavy atom. The van der Waals surface area contributed by atoms with Crippen molar-refractivity contribution in [2.24, 2.45) is 0 Å². The van der Waals surface area contributed by atoms with E-state index in [-0.39, 0.29) is 0 Å². The van der Waals surface area contributed by atoms with Crippen LogP contribution in [0.1, 0.15) is 44.5 Å². The Hall–Kier alpha value is -16.5. The van der Waals surface area contributed by atoms with Gasteiger partial charge < -0.3 is 9.47 Å². The molecule has 0 fully saturated rings. The van der Waals surface area contributed by atoms with Crippen LogP contribution in [0.3, 0.4) is 0 Å². The van der Waals surface area contributed by atoms with E-state index in [0.29, 0.717) is 17.5 Å². The van der Waals surface area contributed by atoms with Crippen molar-refractivity contribution < 1.29 is 9.47 Å². The highest BCUT2D eigenvalue weighted by atomic mass is 16.5. The second kappa shape index (κ2) is 28.1. The van der Waals surface area contributed by atoms with E-state index >= 15 is 0 Å². The van der Waals surface area contributed by atoms with Gasteiger partial charge in [0.2, 0.25) is 0 Å². The minimum Gasteiger partial charge on any atom is -0.457 e. The van der Waals surface area contributed by atoms with Crippen LogP contribution < -0.4 is 9.47 Å². The summed E-state index contributed by atoms with van der Waals surface area (Å²) in [6.45, 7) is 0. The number of para-hydroxylation sites is 4. The summed E-state index contributed by atoms with van der Waals surface area (Å²) in [4.78, 5) is 36.5. The number of fused-ring (bicyclic) bond motifs is 27. The number of ether oxygens (including phenoxy) is 2. The quantitative estimate of drug-likeness (QED) is 0.137. The Bertz CT molecular complexity index is 8040. The maximum absolute atomic E-state index is 6.65. The van der Waals surface area contributed by atoms with Crippen LogP contribution in [-0.2, 0) is 10.8 Å². The number of aromatic nitrogens is 7. The molecule has 0 amide bonds. The molecule has 9 heteroatoms. The highest BCUT2D eigenvalue weighted by molar-refractivity contribution is 6.16. The molecule has 0 radical (unpaired) electrons. The van der Waals surface area contributed by atoms with Crippen molar-refractivity contribution in [3.8, 4) is 136 Å². The zero-order chi connectivity index (χ0) is 81.6. The lowest BCUT2D eigenvalue weighted by atomic mass is 9.66. The highest BCUT2D eigenvalue weighted by Gasteiger charge is 2.53. The van der Waals surface area contributed by atoms with E-state index in [1.165, 1.54) is 44.5 Å². The van der Waals surface area contributed by atoms with E-state index in [4.69, 9.17) is 44.4 Å². The molecule has 124 heavy (non-hydrogen) atoms. The van der Waals surface area contributed by atoms with Gasteiger partial charge in [-0.1, -0.05) is 340 Å². The van der Waals surface area contributed by atoms with Crippen molar-refractivity contribution in [3.63, 3.8) is 0 Å². The molecule has 0 unspecified atom stereocenters. The monoisotopic (exact) mass is 1580 g/mol. The number of hydrogen-bond donors (Lipinski definition) is 0. The predicted octanol–water partition coefficient (Wildman–Crippen LogP) is 28.3. The fraction of sp³-hybridized carbons (Fsp3) is 0.0174. The Balaban J connectivity index is 0.000000136. The van der Waals surface area contributed by atoms with Gasteiger partial charge in [-0.15, -0.1) is 0 Å². The van der Waals surface area contributed by atoms with Crippen molar-refractivity contribution >= 4 is 65.2 Å². The Labute approximate surface area is 714 Å². The number of hydrogen-bond acceptors (Lipinski definition) is 9. The predicted molar refractivity (Wildman–Crippen MR) is 501 cm³/mol. The van der Waals surface area contributed by atoms with Crippen LogP contribution in [0.5, 0.6) is 23.0 Å². The molecule has 0 bridgehead atoms. The van der Waals surface area contributed by atoms with E-state index in [1.807, 2.05) is 78.9 Å². The minimum absolute atomic E-state index is 0.569. The van der Waals surface area contributed by atoms with Gasteiger partial charge in [-0.2, -0.15) is 0 Å². The van der Waals surface area contributed by atoms with Crippen LogP contribution in [0.25, 0.3) is 178 Å². The first-order valence-electron chi connectivity index (χ1n) is 42.1. The average molecular weight is 1580 g/mol. The molecule has 4 aliphatic rings. The first-order chi connectivity index (χ1) is 61.4. The van der Waals surface area contributed by atoms with Crippen LogP contribution in [0.4, 0.5) is 0 Å². The summed E-state index contributed by atoms with van der Waals surface area (Å²) in [5, 5.41) is 8.86. The van der Waals surface area contributed by atoms with Crippen molar-refractivity contribution in [1.82, 2.24) is 34.9 Å². The van der Waals surface area contributed by atoms with Gasteiger partial charge in [0.05, 0.1) is 55.7 Å². The molecule has 0 N–H and O–H groups in total. The molecule has 0 atom stereocenters. The summed E-state index contributed by atoms with van der Waals surface area (Å²) in [5.74, 6) is 5.41. The number of rotatable bonds is 8. The molecule has 17 aromatic carbocycles. The maximum atomic E-state index is 6.65. The number of nitrogens with zero attached hydrogens (tertiary/aromatic N) is 7. The second-order valence-electron chi connectivity index (χ2n) is 32.4. The van der Waals surface area contributed by atoms with Gasteiger partial charge in [0.25, 0.3) is 0 Å². The van der Waals surface area contributed by atoms with E-state index in [2.05, 4.69) is 340 Å². The summed E-state index contributed by atoms with van der Waals surface area (Å²) in [6.07, 6.45) is 0. The number of benzene rings is 17. The fourth-order valence-electron chi connectivity index (χ4n) is 20.1. The molecule has 2 aliphatic carbocycles. The maximum Gasteiger partial charge on any atom is 0.164 e. The van der Waals surface area contributed by atoms with Crippen LogP contribution in [0, 0.1) is 0 Å². The third-order valence-corrected chi connectivity index (χ3v) is 25.7.